The van der Waals surface area contributed by atoms with Crippen molar-refractivity contribution in [2.45, 2.75) is 56.3 Å². The molecule has 5 atom stereocenters. The lowest BCUT2D eigenvalue weighted by atomic mass is 9.85. The van der Waals surface area contributed by atoms with E-state index in [4.69, 9.17) is 5.26 Å². The van der Waals surface area contributed by atoms with Gasteiger partial charge in [0.15, 0.2) is 0 Å². The van der Waals surface area contributed by atoms with E-state index in [-0.39, 0.29) is 42.5 Å². The molecule has 0 aromatic heterocycles. The summed E-state index contributed by atoms with van der Waals surface area (Å²) in [6.45, 7) is 0.704. The summed E-state index contributed by atoms with van der Waals surface area (Å²) >= 11 is 0. The summed E-state index contributed by atoms with van der Waals surface area (Å²) in [5.41, 5.74) is 0. The van der Waals surface area contributed by atoms with Gasteiger partial charge in [-0.1, -0.05) is 0 Å². The number of amides is 1. The van der Waals surface area contributed by atoms with Crippen molar-refractivity contribution < 1.29 is 9.90 Å². The number of carbonyl (C=O) groups excluding carboxylic acids is 1. The van der Waals surface area contributed by atoms with Crippen molar-refractivity contribution in [3.8, 4) is 6.07 Å². The van der Waals surface area contributed by atoms with Crippen LogP contribution in [0, 0.1) is 17.2 Å². The molecule has 0 aromatic rings. The Labute approximate surface area is 119 Å². The quantitative estimate of drug-likeness (QED) is 0.732. The zero-order chi connectivity index (χ0) is 12.7. The number of carbonyl (C=O) groups is 1. The van der Waals surface area contributed by atoms with E-state index in [0.717, 1.165) is 32.1 Å². The van der Waals surface area contributed by atoms with Crippen molar-refractivity contribution in [2.24, 2.45) is 5.92 Å². The summed E-state index contributed by atoms with van der Waals surface area (Å²) < 4.78 is 0. The maximum Gasteiger partial charge on any atom is 0.241 e. The first-order chi connectivity index (χ1) is 8.70. The van der Waals surface area contributed by atoms with Gasteiger partial charge in [0.1, 0.15) is 6.04 Å². The molecular weight excluding hydrogens is 266 g/mol. The van der Waals surface area contributed by atoms with Crippen LogP contribution in [0.15, 0.2) is 0 Å². The summed E-state index contributed by atoms with van der Waals surface area (Å²) in [5.74, 6) is 0.409. The largest absolute Gasteiger partial charge is 0.392 e. The molecule has 19 heavy (non-hydrogen) atoms. The molecule has 0 aromatic carbocycles. The molecule has 1 aliphatic carbocycles. The third-order valence-corrected chi connectivity index (χ3v) is 4.67. The SMILES string of the molecule is Cl.N#C[C@@H]1CCCN1C(=O)[C@H]1N[C@@H]2C[C@H]1CC[C@H]2O. The minimum Gasteiger partial charge on any atom is -0.392 e. The summed E-state index contributed by atoms with van der Waals surface area (Å²) in [7, 11) is 0. The van der Waals surface area contributed by atoms with Gasteiger partial charge in [-0.25, -0.2) is 0 Å². The number of halogens is 1. The molecule has 6 heteroatoms. The molecule has 5 nitrogen and oxygen atoms in total. The van der Waals surface area contributed by atoms with Crippen molar-refractivity contribution >= 4 is 18.3 Å². The fraction of sp³-hybridized carbons (Fsp3) is 0.846. The van der Waals surface area contributed by atoms with Gasteiger partial charge < -0.3 is 15.3 Å². The maximum atomic E-state index is 12.5. The molecule has 3 rings (SSSR count). The lowest BCUT2D eigenvalue weighted by Crippen LogP contribution is -2.49. The molecule has 0 radical (unpaired) electrons. The topological polar surface area (TPSA) is 76.4 Å². The number of nitrogens with zero attached hydrogens (tertiary/aromatic N) is 2. The van der Waals surface area contributed by atoms with Crippen LogP contribution in [0.1, 0.15) is 32.1 Å². The van der Waals surface area contributed by atoms with Crippen LogP contribution in [0.4, 0.5) is 0 Å². The maximum absolute atomic E-state index is 12.5. The van der Waals surface area contributed by atoms with E-state index in [1.54, 1.807) is 4.90 Å². The van der Waals surface area contributed by atoms with Crippen LogP contribution in [-0.2, 0) is 4.79 Å². The van der Waals surface area contributed by atoms with E-state index in [2.05, 4.69) is 11.4 Å². The lowest BCUT2D eigenvalue weighted by molar-refractivity contribution is -0.134. The molecule has 106 valence electrons. The average molecular weight is 286 g/mol. The highest BCUT2D eigenvalue weighted by atomic mass is 35.5. The Morgan fingerprint density at radius 3 is 2.84 bits per heavy atom. The Morgan fingerprint density at radius 2 is 2.16 bits per heavy atom. The van der Waals surface area contributed by atoms with Crippen molar-refractivity contribution in [3.05, 3.63) is 0 Å². The molecule has 3 aliphatic rings. The Bertz CT molecular complexity index is 398. The number of rotatable bonds is 1. The van der Waals surface area contributed by atoms with Gasteiger partial charge in [0.05, 0.1) is 18.2 Å². The third-order valence-electron chi connectivity index (χ3n) is 4.67. The molecule has 0 spiro atoms. The van der Waals surface area contributed by atoms with E-state index in [9.17, 15) is 9.90 Å². The molecule has 2 bridgehead atoms. The Hall–Kier alpha value is -0.830. The van der Waals surface area contributed by atoms with Crippen LogP contribution < -0.4 is 5.32 Å². The van der Waals surface area contributed by atoms with E-state index >= 15 is 0 Å². The van der Waals surface area contributed by atoms with Crippen molar-refractivity contribution in [1.82, 2.24) is 10.2 Å². The van der Waals surface area contributed by atoms with E-state index in [1.165, 1.54) is 0 Å². The first-order valence-electron chi connectivity index (χ1n) is 6.85. The number of aliphatic hydroxyl groups is 1. The monoisotopic (exact) mass is 285 g/mol. The average Bonchev–Trinajstić information content (AvgIpc) is 2.98. The zero-order valence-corrected chi connectivity index (χ0v) is 11.6. The minimum absolute atomic E-state index is 0. The van der Waals surface area contributed by atoms with Gasteiger partial charge in [-0.15, -0.1) is 12.4 Å². The number of hydrogen-bond donors (Lipinski definition) is 2. The first-order valence-corrected chi connectivity index (χ1v) is 6.85. The van der Waals surface area contributed by atoms with Crippen LogP contribution >= 0.6 is 12.4 Å². The van der Waals surface area contributed by atoms with Crippen LogP contribution in [0.25, 0.3) is 0 Å². The van der Waals surface area contributed by atoms with Gasteiger partial charge in [0.2, 0.25) is 5.91 Å². The number of fused-ring (bicyclic) bond motifs is 2. The van der Waals surface area contributed by atoms with Gasteiger partial charge in [-0.2, -0.15) is 5.26 Å². The smallest absolute Gasteiger partial charge is 0.241 e. The lowest BCUT2D eigenvalue weighted by Gasteiger charge is -2.26. The van der Waals surface area contributed by atoms with Crippen LogP contribution in [0.2, 0.25) is 0 Å². The molecular formula is C13H20ClN3O2. The highest BCUT2D eigenvalue weighted by Crippen LogP contribution is 2.35. The van der Waals surface area contributed by atoms with E-state index in [0.29, 0.717) is 12.5 Å². The predicted octanol–water partition coefficient (Wildman–Crippen LogP) is 0.424. The van der Waals surface area contributed by atoms with E-state index in [1.807, 2.05) is 0 Å². The summed E-state index contributed by atoms with van der Waals surface area (Å²) in [5, 5.41) is 22.1. The highest BCUT2D eigenvalue weighted by Gasteiger charge is 2.46. The molecule has 2 heterocycles. The van der Waals surface area contributed by atoms with Gasteiger partial charge in [0, 0.05) is 12.6 Å². The third kappa shape index (κ3) is 2.45. The molecule has 2 aliphatic heterocycles. The second-order valence-electron chi connectivity index (χ2n) is 5.71. The molecule has 2 N–H and O–H groups in total. The standard InChI is InChI=1S/C13H19N3O2.ClH/c14-7-9-2-1-5-16(9)13(18)12-8-3-4-11(17)10(6-8)15-12;/h8-12,15,17H,1-6H2;1H/t8-,9+,10-,11-,12+;/m1./s1. The number of nitriles is 1. The number of nitrogens with one attached hydrogen (secondary N) is 1. The predicted molar refractivity (Wildman–Crippen MR) is 71.7 cm³/mol. The fourth-order valence-electron chi connectivity index (χ4n) is 3.65. The Balaban J connectivity index is 0.00000133. The van der Waals surface area contributed by atoms with Crippen molar-refractivity contribution in [2.75, 3.05) is 6.54 Å². The fourth-order valence-corrected chi connectivity index (χ4v) is 3.65. The molecule has 0 unspecified atom stereocenters. The van der Waals surface area contributed by atoms with Crippen LogP contribution in [0.5, 0.6) is 0 Å². The number of aliphatic hydroxyl groups excluding tert-OH is 1. The Morgan fingerprint density at radius 1 is 1.37 bits per heavy atom. The van der Waals surface area contributed by atoms with Gasteiger partial charge in [0.25, 0.3) is 0 Å². The molecule has 2 saturated heterocycles. The molecule has 1 amide bonds. The van der Waals surface area contributed by atoms with Gasteiger partial charge >= 0.3 is 0 Å². The second-order valence-corrected chi connectivity index (χ2v) is 5.71. The summed E-state index contributed by atoms with van der Waals surface area (Å²) in [6.07, 6.45) is 3.99. The molecule has 3 fully saturated rings. The minimum atomic E-state index is -0.315. The first kappa shape index (κ1) is 14.6. The second kappa shape index (κ2) is 5.66. The highest BCUT2D eigenvalue weighted by molar-refractivity contribution is 5.85. The summed E-state index contributed by atoms with van der Waals surface area (Å²) in [4.78, 5) is 14.2. The van der Waals surface area contributed by atoms with Crippen molar-refractivity contribution in [3.63, 3.8) is 0 Å². The van der Waals surface area contributed by atoms with Gasteiger partial charge in [-0.3, -0.25) is 4.79 Å². The molecule has 1 saturated carbocycles. The Kier molecular flexibility index (Phi) is 4.34. The number of hydrogen-bond acceptors (Lipinski definition) is 4. The van der Waals surface area contributed by atoms with Crippen molar-refractivity contribution in [1.29, 1.82) is 5.26 Å². The van der Waals surface area contributed by atoms with Gasteiger partial charge in [-0.05, 0) is 38.0 Å². The normalized spacial score (nSPS) is 40.6. The van der Waals surface area contributed by atoms with Crippen LogP contribution in [0.3, 0.4) is 0 Å². The van der Waals surface area contributed by atoms with E-state index < -0.39 is 0 Å². The number of likely N-dealkylation sites (tertiary alicyclic amines) is 1. The summed E-state index contributed by atoms with van der Waals surface area (Å²) in [6, 6.07) is 1.86. The van der Waals surface area contributed by atoms with Crippen LogP contribution in [-0.4, -0.2) is 46.7 Å². The zero-order valence-electron chi connectivity index (χ0n) is 10.8.